The van der Waals surface area contributed by atoms with Gasteiger partial charge in [0, 0.05) is 26.8 Å². The summed E-state index contributed by atoms with van der Waals surface area (Å²) in [7, 11) is 3.77. The maximum atomic E-state index is 11.8. The zero-order valence-corrected chi connectivity index (χ0v) is 17.1. The molecule has 0 aliphatic rings. The highest BCUT2D eigenvalue weighted by Crippen LogP contribution is 2.28. The lowest BCUT2D eigenvalue weighted by atomic mass is 10.2. The summed E-state index contributed by atoms with van der Waals surface area (Å²) in [4.78, 5) is 27.5. The van der Waals surface area contributed by atoms with Crippen LogP contribution in [-0.2, 0) is 6.54 Å². The first kappa shape index (κ1) is 19.4. The summed E-state index contributed by atoms with van der Waals surface area (Å²) in [5.41, 5.74) is 9.59. The van der Waals surface area contributed by atoms with Crippen LogP contribution in [0.3, 0.4) is 0 Å². The number of aromatic nitrogens is 4. The van der Waals surface area contributed by atoms with E-state index < -0.39 is 5.91 Å². The van der Waals surface area contributed by atoms with Crippen molar-refractivity contribution in [2.75, 3.05) is 24.3 Å². The largest absolute Gasteiger partial charge is 0.366 e. The van der Waals surface area contributed by atoms with Crippen molar-refractivity contribution in [3.05, 3.63) is 71.4 Å². The number of primary amides is 1. The van der Waals surface area contributed by atoms with Crippen LogP contribution in [0.15, 0.2) is 54.7 Å². The monoisotopic (exact) mass is 401 g/mol. The van der Waals surface area contributed by atoms with Crippen molar-refractivity contribution in [2.24, 2.45) is 5.73 Å². The number of fused-ring (bicyclic) bond motifs is 1. The van der Waals surface area contributed by atoms with E-state index in [0.717, 1.165) is 22.3 Å². The number of nitrogens with two attached hydrogens (primary N) is 1. The number of anilines is 2. The summed E-state index contributed by atoms with van der Waals surface area (Å²) < 4.78 is 1.89. The van der Waals surface area contributed by atoms with E-state index in [1.807, 2.05) is 72.9 Å². The van der Waals surface area contributed by atoms with E-state index in [1.165, 1.54) is 0 Å². The van der Waals surface area contributed by atoms with Gasteiger partial charge in [-0.1, -0.05) is 30.3 Å². The Labute approximate surface area is 174 Å². The van der Waals surface area contributed by atoms with Crippen LogP contribution in [0, 0.1) is 6.92 Å². The summed E-state index contributed by atoms with van der Waals surface area (Å²) in [5, 5.41) is 3.28. The van der Waals surface area contributed by atoms with Crippen molar-refractivity contribution >= 4 is 23.3 Å². The van der Waals surface area contributed by atoms with Crippen molar-refractivity contribution < 1.29 is 4.79 Å². The van der Waals surface area contributed by atoms with Gasteiger partial charge in [-0.2, -0.15) is 15.0 Å². The molecule has 0 radical (unpaired) electrons. The topological polar surface area (TPSA) is 101 Å². The van der Waals surface area contributed by atoms with Crippen LogP contribution in [0.4, 0.5) is 11.9 Å². The van der Waals surface area contributed by atoms with Gasteiger partial charge < -0.3 is 20.4 Å². The Bertz CT molecular complexity index is 1220. The molecule has 0 spiro atoms. The minimum absolute atomic E-state index is 0.455. The maximum absolute atomic E-state index is 11.8. The van der Waals surface area contributed by atoms with Crippen molar-refractivity contribution in [3.8, 4) is 11.5 Å². The molecule has 0 unspecified atom stereocenters. The first-order chi connectivity index (χ1) is 14.4. The summed E-state index contributed by atoms with van der Waals surface area (Å²) in [6, 6.07) is 15.5. The highest BCUT2D eigenvalue weighted by atomic mass is 16.1. The van der Waals surface area contributed by atoms with Gasteiger partial charge in [0.1, 0.15) is 0 Å². The second kappa shape index (κ2) is 7.82. The predicted octanol–water partition coefficient (Wildman–Crippen LogP) is 2.88. The molecule has 8 heteroatoms. The normalized spacial score (nSPS) is 10.9. The van der Waals surface area contributed by atoms with Gasteiger partial charge in [0.05, 0.1) is 16.8 Å². The number of hydrogen-bond acceptors (Lipinski definition) is 6. The Balaban J connectivity index is 1.80. The fraction of sp³-hybridized carbons (Fsp3) is 0.182. The van der Waals surface area contributed by atoms with Gasteiger partial charge in [-0.25, -0.2) is 0 Å². The molecule has 152 valence electrons. The zero-order valence-electron chi connectivity index (χ0n) is 17.1. The lowest BCUT2D eigenvalue weighted by Crippen LogP contribution is -2.16. The Morgan fingerprint density at radius 2 is 1.87 bits per heavy atom. The van der Waals surface area contributed by atoms with E-state index in [4.69, 9.17) is 5.73 Å². The Kier molecular flexibility index (Phi) is 5.05. The number of hydrogen-bond donors (Lipinski definition) is 2. The maximum Gasteiger partial charge on any atom is 0.250 e. The number of benzene rings is 1. The third-order valence-corrected chi connectivity index (χ3v) is 4.80. The Morgan fingerprint density at radius 1 is 1.10 bits per heavy atom. The van der Waals surface area contributed by atoms with Crippen molar-refractivity contribution in [3.63, 3.8) is 0 Å². The van der Waals surface area contributed by atoms with Gasteiger partial charge in [0.15, 0.2) is 5.82 Å². The number of nitrogens with zero attached hydrogens (tertiary/aromatic N) is 5. The van der Waals surface area contributed by atoms with Gasteiger partial charge in [-0.3, -0.25) is 4.79 Å². The van der Waals surface area contributed by atoms with E-state index >= 15 is 0 Å². The quantitative estimate of drug-likeness (QED) is 0.515. The molecule has 0 fully saturated rings. The molecule has 8 nitrogen and oxygen atoms in total. The zero-order chi connectivity index (χ0) is 21.3. The van der Waals surface area contributed by atoms with Crippen LogP contribution in [0.2, 0.25) is 0 Å². The van der Waals surface area contributed by atoms with Gasteiger partial charge in [0.2, 0.25) is 11.9 Å². The van der Waals surface area contributed by atoms with Gasteiger partial charge in [0.25, 0.3) is 5.91 Å². The fourth-order valence-corrected chi connectivity index (χ4v) is 3.35. The van der Waals surface area contributed by atoms with Crippen LogP contribution in [0.1, 0.15) is 21.5 Å². The lowest BCUT2D eigenvalue weighted by Gasteiger charge is -2.14. The first-order valence-corrected chi connectivity index (χ1v) is 9.56. The number of nitrogens with one attached hydrogen (secondary N) is 1. The number of aryl methyl sites for hydroxylation is 1. The summed E-state index contributed by atoms with van der Waals surface area (Å²) >= 11 is 0. The van der Waals surface area contributed by atoms with E-state index in [-0.39, 0.29) is 0 Å². The molecule has 0 aliphatic carbocycles. The number of carbonyl (C=O) groups is 1. The molecule has 3 N–H and O–H groups in total. The van der Waals surface area contributed by atoms with Crippen LogP contribution in [-0.4, -0.2) is 39.4 Å². The predicted molar refractivity (Wildman–Crippen MR) is 118 cm³/mol. The summed E-state index contributed by atoms with van der Waals surface area (Å²) in [6.45, 7) is 2.56. The molecular weight excluding hydrogens is 378 g/mol. The standard InChI is InChI=1S/C22H23N7O/c1-14-12-17-16(19(23)30)10-7-11-29(17)18(14)20-25-21(27-22(26-20)28(2)3)24-13-15-8-5-4-6-9-15/h4-12H,13H2,1-3H3,(H2,23,30)(H,24,25,26,27). The van der Waals surface area contributed by atoms with Crippen LogP contribution >= 0.6 is 0 Å². The highest BCUT2D eigenvalue weighted by Gasteiger charge is 2.18. The van der Waals surface area contributed by atoms with Crippen LogP contribution < -0.4 is 16.0 Å². The number of carbonyl (C=O) groups excluding carboxylic acids is 1. The highest BCUT2D eigenvalue weighted by molar-refractivity contribution is 6.00. The molecule has 0 saturated carbocycles. The summed E-state index contributed by atoms with van der Waals surface area (Å²) in [6.07, 6.45) is 1.88. The number of amides is 1. The molecule has 3 heterocycles. The number of pyridine rings is 1. The second-order valence-electron chi connectivity index (χ2n) is 7.23. The Hall–Kier alpha value is -3.94. The lowest BCUT2D eigenvalue weighted by molar-refractivity contribution is 0.100. The van der Waals surface area contributed by atoms with Crippen LogP contribution in [0.5, 0.6) is 0 Å². The second-order valence-corrected chi connectivity index (χ2v) is 7.23. The molecule has 0 aliphatic heterocycles. The molecule has 0 saturated heterocycles. The Morgan fingerprint density at radius 3 is 2.57 bits per heavy atom. The first-order valence-electron chi connectivity index (χ1n) is 9.56. The average molecular weight is 401 g/mol. The molecule has 1 aromatic carbocycles. The fourth-order valence-electron chi connectivity index (χ4n) is 3.35. The molecule has 30 heavy (non-hydrogen) atoms. The van der Waals surface area contributed by atoms with E-state index in [2.05, 4.69) is 20.3 Å². The molecule has 4 aromatic rings. The third-order valence-electron chi connectivity index (χ3n) is 4.80. The minimum Gasteiger partial charge on any atom is -0.366 e. The number of rotatable bonds is 6. The SMILES string of the molecule is Cc1cc2c(C(N)=O)cccn2c1-c1nc(NCc2ccccc2)nc(N(C)C)n1. The summed E-state index contributed by atoms with van der Waals surface area (Å²) in [5.74, 6) is 1.06. The third kappa shape index (κ3) is 3.67. The average Bonchev–Trinajstić information content (AvgIpc) is 3.08. The van der Waals surface area contributed by atoms with E-state index in [9.17, 15) is 4.79 Å². The minimum atomic E-state index is -0.473. The van der Waals surface area contributed by atoms with E-state index in [0.29, 0.717) is 29.8 Å². The molecule has 0 bridgehead atoms. The molecule has 3 aromatic heterocycles. The van der Waals surface area contributed by atoms with Crippen molar-refractivity contribution in [1.82, 2.24) is 19.4 Å². The van der Waals surface area contributed by atoms with Gasteiger partial charge >= 0.3 is 0 Å². The molecule has 1 amide bonds. The molecule has 4 rings (SSSR count). The van der Waals surface area contributed by atoms with Crippen LogP contribution in [0.25, 0.3) is 17.0 Å². The smallest absolute Gasteiger partial charge is 0.250 e. The van der Waals surface area contributed by atoms with Crippen molar-refractivity contribution in [2.45, 2.75) is 13.5 Å². The van der Waals surface area contributed by atoms with Gasteiger partial charge in [-0.15, -0.1) is 0 Å². The van der Waals surface area contributed by atoms with Crippen molar-refractivity contribution in [1.29, 1.82) is 0 Å². The molecular formula is C22H23N7O. The van der Waals surface area contributed by atoms with Gasteiger partial charge in [-0.05, 0) is 36.2 Å². The molecule has 0 atom stereocenters. The van der Waals surface area contributed by atoms with E-state index in [1.54, 1.807) is 12.1 Å².